The number of carbonyl (C=O) groups excluding carboxylic acids is 1. The molecular weight excluding hydrogens is 364 g/mol. The molecular formula is C20H43BrN2O. The Balaban J connectivity index is -0.000000402. The number of halogens is 1. The van der Waals surface area contributed by atoms with Crippen molar-refractivity contribution in [3.8, 4) is 0 Å². The Morgan fingerprint density at radius 1 is 0.917 bits per heavy atom. The van der Waals surface area contributed by atoms with Crippen LogP contribution in [0.1, 0.15) is 84.5 Å². The van der Waals surface area contributed by atoms with E-state index >= 15 is 0 Å². The minimum atomic E-state index is -0.481. The first-order valence-electron chi connectivity index (χ1n) is 9.58. The van der Waals surface area contributed by atoms with E-state index in [1.165, 1.54) is 77.2 Å². The SMILES string of the molecule is C=CC(N)=O.CCCBr.CCCCCCCCCCCCN(C)C. The van der Waals surface area contributed by atoms with Crippen LogP contribution in [-0.4, -0.2) is 36.8 Å². The number of nitrogens with two attached hydrogens (primary N) is 1. The van der Waals surface area contributed by atoms with Crippen LogP contribution in [0.5, 0.6) is 0 Å². The molecule has 0 fully saturated rings. The maximum Gasteiger partial charge on any atom is 0.240 e. The number of alkyl halides is 1. The van der Waals surface area contributed by atoms with Crippen molar-refractivity contribution in [3.63, 3.8) is 0 Å². The zero-order valence-corrected chi connectivity index (χ0v) is 18.4. The molecule has 4 heteroatoms. The molecule has 0 saturated carbocycles. The molecule has 0 spiro atoms. The second-order valence-electron chi connectivity index (χ2n) is 6.28. The fourth-order valence-electron chi connectivity index (χ4n) is 1.92. The zero-order valence-electron chi connectivity index (χ0n) is 16.8. The van der Waals surface area contributed by atoms with Gasteiger partial charge in [0, 0.05) is 5.33 Å². The Bertz CT molecular complexity index is 244. The first-order valence-corrected chi connectivity index (χ1v) is 10.7. The number of amides is 1. The summed E-state index contributed by atoms with van der Waals surface area (Å²) in [5.41, 5.74) is 4.53. The predicted octanol–water partition coefficient (Wildman–Crippen LogP) is 5.92. The summed E-state index contributed by atoms with van der Waals surface area (Å²) in [7, 11) is 4.32. The molecule has 0 atom stereocenters. The molecule has 1 amide bonds. The molecule has 0 heterocycles. The lowest BCUT2D eigenvalue weighted by Crippen LogP contribution is -2.12. The molecule has 0 aliphatic rings. The van der Waals surface area contributed by atoms with Crippen LogP contribution < -0.4 is 5.73 Å². The number of rotatable bonds is 13. The van der Waals surface area contributed by atoms with E-state index in [0.717, 1.165) is 11.4 Å². The van der Waals surface area contributed by atoms with Gasteiger partial charge in [-0.2, -0.15) is 0 Å². The third-order valence-electron chi connectivity index (χ3n) is 3.35. The molecule has 0 aromatic rings. The highest BCUT2D eigenvalue weighted by Crippen LogP contribution is 2.10. The highest BCUT2D eigenvalue weighted by Gasteiger charge is 1.93. The lowest BCUT2D eigenvalue weighted by molar-refractivity contribution is -0.113. The van der Waals surface area contributed by atoms with Gasteiger partial charge in [-0.3, -0.25) is 4.79 Å². The maximum atomic E-state index is 9.47. The normalized spacial score (nSPS) is 9.58. The van der Waals surface area contributed by atoms with Crippen LogP contribution >= 0.6 is 15.9 Å². The van der Waals surface area contributed by atoms with Crippen LogP contribution in [0.4, 0.5) is 0 Å². The van der Waals surface area contributed by atoms with Gasteiger partial charge in [0.15, 0.2) is 0 Å². The van der Waals surface area contributed by atoms with Crippen molar-refractivity contribution in [2.45, 2.75) is 84.5 Å². The van der Waals surface area contributed by atoms with Crippen LogP contribution in [0.3, 0.4) is 0 Å². The summed E-state index contributed by atoms with van der Waals surface area (Å²) in [5, 5.41) is 1.13. The molecule has 0 radical (unpaired) electrons. The van der Waals surface area contributed by atoms with Crippen LogP contribution in [-0.2, 0) is 4.79 Å². The highest BCUT2D eigenvalue weighted by atomic mass is 79.9. The Labute approximate surface area is 160 Å². The fraction of sp³-hybridized carbons (Fsp3) is 0.850. The standard InChI is InChI=1S/C14H31N.C3H7Br.C3H5NO/c1-4-5-6-7-8-9-10-11-12-13-14-15(2)3;1-2-3-4;1-2-3(4)5/h4-14H2,1-3H3;2-3H2,1H3;2H,1H2,(H2,4,5). The summed E-state index contributed by atoms with van der Waals surface area (Å²) >= 11 is 3.25. The number of hydrogen-bond donors (Lipinski definition) is 1. The molecule has 0 aliphatic heterocycles. The topological polar surface area (TPSA) is 46.3 Å². The fourth-order valence-corrected chi connectivity index (χ4v) is 1.92. The monoisotopic (exact) mass is 406 g/mol. The Hall–Kier alpha value is -0.350. The predicted molar refractivity (Wildman–Crippen MR) is 114 cm³/mol. The molecule has 0 saturated heterocycles. The number of hydrogen-bond acceptors (Lipinski definition) is 2. The van der Waals surface area contributed by atoms with Crippen molar-refractivity contribution < 1.29 is 4.79 Å². The molecule has 24 heavy (non-hydrogen) atoms. The Morgan fingerprint density at radius 3 is 1.50 bits per heavy atom. The van der Waals surface area contributed by atoms with E-state index < -0.39 is 5.91 Å². The van der Waals surface area contributed by atoms with E-state index in [-0.39, 0.29) is 0 Å². The highest BCUT2D eigenvalue weighted by molar-refractivity contribution is 9.09. The van der Waals surface area contributed by atoms with Gasteiger partial charge in [0.25, 0.3) is 0 Å². The minimum Gasteiger partial charge on any atom is -0.366 e. The largest absolute Gasteiger partial charge is 0.366 e. The molecule has 0 aromatic heterocycles. The van der Waals surface area contributed by atoms with Crippen molar-refractivity contribution in [3.05, 3.63) is 12.7 Å². The summed E-state index contributed by atoms with van der Waals surface area (Å²) in [6, 6.07) is 0. The molecule has 0 aliphatic carbocycles. The first kappa shape index (κ1) is 28.5. The second-order valence-corrected chi connectivity index (χ2v) is 7.07. The minimum absolute atomic E-state index is 0.481. The van der Waals surface area contributed by atoms with E-state index in [9.17, 15) is 4.79 Å². The van der Waals surface area contributed by atoms with E-state index in [1.807, 2.05) is 0 Å². The molecule has 0 bridgehead atoms. The molecule has 0 rings (SSSR count). The van der Waals surface area contributed by atoms with Gasteiger partial charge in [0.2, 0.25) is 5.91 Å². The van der Waals surface area contributed by atoms with Crippen LogP contribution in [0, 0.1) is 0 Å². The third kappa shape index (κ3) is 43.0. The first-order chi connectivity index (χ1) is 11.5. The number of unbranched alkanes of at least 4 members (excludes halogenated alkanes) is 9. The van der Waals surface area contributed by atoms with Crippen molar-refractivity contribution >= 4 is 21.8 Å². The summed E-state index contributed by atoms with van der Waals surface area (Å²) < 4.78 is 0. The molecule has 0 aromatic carbocycles. The summed E-state index contributed by atoms with van der Waals surface area (Å²) in [6.07, 6.45) is 16.6. The van der Waals surface area contributed by atoms with E-state index in [4.69, 9.17) is 0 Å². The number of carbonyl (C=O) groups is 1. The Kier molecular flexibility index (Phi) is 32.6. The molecule has 2 N–H and O–H groups in total. The van der Waals surface area contributed by atoms with Gasteiger partial charge >= 0.3 is 0 Å². The van der Waals surface area contributed by atoms with Gasteiger partial charge in [-0.1, -0.05) is 94.1 Å². The van der Waals surface area contributed by atoms with Gasteiger partial charge in [-0.05, 0) is 39.6 Å². The van der Waals surface area contributed by atoms with E-state index in [2.05, 4.69) is 61.1 Å². The third-order valence-corrected chi connectivity index (χ3v) is 4.14. The lowest BCUT2D eigenvalue weighted by atomic mass is 10.1. The maximum absolute atomic E-state index is 9.47. The molecule has 3 nitrogen and oxygen atoms in total. The van der Waals surface area contributed by atoms with E-state index in [0.29, 0.717) is 0 Å². The number of primary amides is 1. The average Bonchev–Trinajstić information content (AvgIpc) is 2.57. The zero-order chi connectivity index (χ0) is 19.1. The van der Waals surface area contributed by atoms with Crippen molar-refractivity contribution in [2.75, 3.05) is 26.0 Å². The van der Waals surface area contributed by atoms with Gasteiger partial charge in [-0.25, -0.2) is 0 Å². The summed E-state index contributed by atoms with van der Waals surface area (Å²) in [5.74, 6) is -0.481. The quantitative estimate of drug-likeness (QED) is 0.234. The Morgan fingerprint density at radius 2 is 1.25 bits per heavy atom. The smallest absolute Gasteiger partial charge is 0.240 e. The summed E-state index contributed by atoms with van der Waals surface area (Å²) in [6.45, 7) is 8.76. The van der Waals surface area contributed by atoms with Crippen molar-refractivity contribution in [1.82, 2.24) is 4.90 Å². The lowest BCUT2D eigenvalue weighted by Gasteiger charge is -2.08. The average molecular weight is 407 g/mol. The van der Waals surface area contributed by atoms with Crippen LogP contribution in [0.15, 0.2) is 12.7 Å². The van der Waals surface area contributed by atoms with E-state index in [1.54, 1.807) is 0 Å². The number of nitrogens with zero attached hydrogens (tertiary/aromatic N) is 1. The van der Waals surface area contributed by atoms with Gasteiger partial charge in [0.1, 0.15) is 0 Å². The second kappa shape index (κ2) is 27.5. The van der Waals surface area contributed by atoms with Crippen LogP contribution in [0.25, 0.3) is 0 Å². The summed E-state index contributed by atoms with van der Waals surface area (Å²) in [4.78, 5) is 11.8. The van der Waals surface area contributed by atoms with Gasteiger partial charge in [-0.15, -0.1) is 0 Å². The van der Waals surface area contributed by atoms with Gasteiger partial charge < -0.3 is 10.6 Å². The van der Waals surface area contributed by atoms with Gasteiger partial charge in [0.05, 0.1) is 0 Å². The van der Waals surface area contributed by atoms with Crippen molar-refractivity contribution in [1.29, 1.82) is 0 Å². The van der Waals surface area contributed by atoms with Crippen LogP contribution in [0.2, 0.25) is 0 Å². The van der Waals surface area contributed by atoms with Crippen molar-refractivity contribution in [2.24, 2.45) is 5.73 Å². The molecule has 0 unspecified atom stereocenters. The molecule has 146 valence electrons.